The molecule has 3 aromatic rings. The van der Waals surface area contributed by atoms with Crippen molar-refractivity contribution in [2.75, 3.05) is 0 Å². The van der Waals surface area contributed by atoms with Gasteiger partial charge >= 0.3 is 12.4 Å². The number of alkyl halides is 6. The molecular formula is C16H9F6N3. The minimum absolute atomic E-state index is 0.186. The fraction of sp³-hybridized carbons (Fsp3) is 0.125. The van der Waals surface area contributed by atoms with Gasteiger partial charge in [0.25, 0.3) is 0 Å². The van der Waals surface area contributed by atoms with Crippen molar-refractivity contribution in [3.05, 3.63) is 66.0 Å². The molecule has 3 nitrogen and oxygen atoms in total. The number of benzene rings is 2. The molecule has 0 radical (unpaired) electrons. The van der Waals surface area contributed by atoms with E-state index in [0.29, 0.717) is 6.07 Å². The van der Waals surface area contributed by atoms with E-state index >= 15 is 0 Å². The maximum Gasteiger partial charge on any atom is 0.451 e. The van der Waals surface area contributed by atoms with E-state index in [4.69, 9.17) is 0 Å². The summed E-state index contributed by atoms with van der Waals surface area (Å²) in [6, 6.07) is 11.6. The Balaban J connectivity index is 2.25. The van der Waals surface area contributed by atoms with Crippen LogP contribution in [0.1, 0.15) is 11.4 Å². The summed E-state index contributed by atoms with van der Waals surface area (Å²) in [5.41, 5.74) is -1.71. The molecule has 0 aliphatic heterocycles. The highest BCUT2D eigenvalue weighted by atomic mass is 19.4. The Morgan fingerprint density at radius 3 is 1.92 bits per heavy atom. The first-order valence-corrected chi connectivity index (χ1v) is 6.94. The first-order chi connectivity index (χ1) is 11.7. The SMILES string of the molecule is FC(F)(F)c1ccccc1-n1nc(-c2ccccc2)nc1C(F)(F)F. The Hall–Kier alpha value is -2.84. The van der Waals surface area contributed by atoms with Crippen LogP contribution in [0.25, 0.3) is 17.1 Å². The van der Waals surface area contributed by atoms with E-state index in [9.17, 15) is 26.3 Å². The third kappa shape index (κ3) is 3.35. The van der Waals surface area contributed by atoms with Crippen molar-refractivity contribution >= 4 is 0 Å². The van der Waals surface area contributed by atoms with Crippen LogP contribution in [0.3, 0.4) is 0 Å². The highest BCUT2D eigenvalue weighted by Crippen LogP contribution is 2.37. The molecule has 0 unspecified atom stereocenters. The van der Waals surface area contributed by atoms with Crippen LogP contribution in [-0.2, 0) is 12.4 Å². The zero-order valence-electron chi connectivity index (χ0n) is 12.3. The fourth-order valence-electron chi connectivity index (χ4n) is 2.27. The van der Waals surface area contributed by atoms with Crippen LogP contribution in [0, 0.1) is 0 Å². The Labute approximate surface area is 137 Å². The van der Waals surface area contributed by atoms with Crippen LogP contribution < -0.4 is 0 Å². The van der Waals surface area contributed by atoms with Crippen LogP contribution in [0.15, 0.2) is 54.6 Å². The predicted molar refractivity (Wildman–Crippen MR) is 76.8 cm³/mol. The predicted octanol–water partition coefficient (Wildman–Crippen LogP) is 4.97. The number of hydrogen-bond acceptors (Lipinski definition) is 2. The van der Waals surface area contributed by atoms with E-state index < -0.39 is 29.4 Å². The van der Waals surface area contributed by atoms with Gasteiger partial charge in [0.15, 0.2) is 5.82 Å². The lowest BCUT2D eigenvalue weighted by Crippen LogP contribution is -2.18. The van der Waals surface area contributed by atoms with Gasteiger partial charge in [0.2, 0.25) is 5.82 Å². The second-order valence-electron chi connectivity index (χ2n) is 5.05. The second-order valence-corrected chi connectivity index (χ2v) is 5.05. The molecule has 1 heterocycles. The summed E-state index contributed by atoms with van der Waals surface area (Å²) in [5, 5.41) is 3.68. The maximum atomic E-state index is 13.3. The summed E-state index contributed by atoms with van der Waals surface area (Å²) in [7, 11) is 0. The maximum absolute atomic E-state index is 13.3. The Bertz CT molecular complexity index is 881. The molecule has 130 valence electrons. The van der Waals surface area contributed by atoms with E-state index in [1.807, 2.05) is 0 Å². The van der Waals surface area contributed by atoms with Crippen LogP contribution in [-0.4, -0.2) is 14.8 Å². The number of para-hydroxylation sites is 1. The Morgan fingerprint density at radius 1 is 0.720 bits per heavy atom. The smallest absolute Gasteiger partial charge is 0.208 e. The molecule has 0 aliphatic rings. The average Bonchev–Trinajstić information content (AvgIpc) is 3.00. The topological polar surface area (TPSA) is 30.7 Å². The van der Waals surface area contributed by atoms with Crippen molar-refractivity contribution in [3.8, 4) is 17.1 Å². The van der Waals surface area contributed by atoms with Crippen LogP contribution >= 0.6 is 0 Å². The van der Waals surface area contributed by atoms with Crippen molar-refractivity contribution in [1.82, 2.24) is 14.8 Å². The zero-order valence-corrected chi connectivity index (χ0v) is 12.3. The van der Waals surface area contributed by atoms with Gasteiger partial charge in [-0.1, -0.05) is 42.5 Å². The lowest BCUT2D eigenvalue weighted by molar-refractivity contribution is -0.147. The molecule has 0 saturated heterocycles. The summed E-state index contributed by atoms with van der Waals surface area (Å²) < 4.78 is 79.5. The highest BCUT2D eigenvalue weighted by molar-refractivity contribution is 5.55. The molecule has 0 bridgehead atoms. The first kappa shape index (κ1) is 17.0. The summed E-state index contributed by atoms with van der Waals surface area (Å²) in [6.07, 6.45) is -9.81. The monoisotopic (exact) mass is 357 g/mol. The first-order valence-electron chi connectivity index (χ1n) is 6.94. The van der Waals surface area contributed by atoms with Crippen molar-refractivity contribution < 1.29 is 26.3 Å². The van der Waals surface area contributed by atoms with Crippen molar-refractivity contribution in [2.24, 2.45) is 0 Å². The summed E-state index contributed by atoms with van der Waals surface area (Å²) in [6.45, 7) is 0. The van der Waals surface area contributed by atoms with E-state index in [-0.39, 0.29) is 16.1 Å². The van der Waals surface area contributed by atoms with Gasteiger partial charge in [-0.15, -0.1) is 5.10 Å². The normalized spacial score (nSPS) is 12.4. The number of rotatable bonds is 2. The lowest BCUT2D eigenvalue weighted by Gasteiger charge is -2.14. The number of hydrogen-bond donors (Lipinski definition) is 0. The number of nitrogens with zero attached hydrogens (tertiary/aromatic N) is 3. The van der Waals surface area contributed by atoms with Gasteiger partial charge in [0, 0.05) is 5.56 Å². The van der Waals surface area contributed by atoms with Crippen molar-refractivity contribution in [2.45, 2.75) is 12.4 Å². The van der Waals surface area contributed by atoms with Gasteiger partial charge in [-0.05, 0) is 12.1 Å². The molecule has 0 aliphatic carbocycles. The van der Waals surface area contributed by atoms with Crippen LogP contribution in [0.2, 0.25) is 0 Å². The number of halogens is 6. The zero-order chi connectivity index (χ0) is 18.2. The summed E-state index contributed by atoms with van der Waals surface area (Å²) >= 11 is 0. The quantitative estimate of drug-likeness (QED) is 0.606. The third-order valence-electron chi connectivity index (χ3n) is 3.33. The van der Waals surface area contributed by atoms with Crippen LogP contribution in [0.4, 0.5) is 26.3 Å². The van der Waals surface area contributed by atoms with E-state index in [1.54, 1.807) is 18.2 Å². The molecule has 0 N–H and O–H groups in total. The van der Waals surface area contributed by atoms with E-state index in [0.717, 1.165) is 12.1 Å². The van der Waals surface area contributed by atoms with Gasteiger partial charge in [0.05, 0.1) is 11.3 Å². The lowest BCUT2D eigenvalue weighted by atomic mass is 10.1. The molecular weight excluding hydrogens is 348 g/mol. The molecule has 0 atom stereocenters. The van der Waals surface area contributed by atoms with Crippen molar-refractivity contribution in [1.29, 1.82) is 0 Å². The average molecular weight is 357 g/mol. The fourth-order valence-corrected chi connectivity index (χ4v) is 2.27. The van der Waals surface area contributed by atoms with Gasteiger partial charge in [-0.25, -0.2) is 9.67 Å². The van der Waals surface area contributed by atoms with Gasteiger partial charge in [-0.2, -0.15) is 26.3 Å². The van der Waals surface area contributed by atoms with E-state index in [2.05, 4.69) is 10.1 Å². The minimum Gasteiger partial charge on any atom is -0.208 e. The molecule has 9 heteroatoms. The van der Waals surface area contributed by atoms with Crippen LogP contribution in [0.5, 0.6) is 0 Å². The van der Waals surface area contributed by atoms with Crippen molar-refractivity contribution in [3.63, 3.8) is 0 Å². The molecule has 0 fully saturated rings. The number of aromatic nitrogens is 3. The molecule has 1 aromatic heterocycles. The Kier molecular flexibility index (Phi) is 4.02. The minimum atomic E-state index is -4.97. The van der Waals surface area contributed by atoms with Gasteiger partial charge in [-0.3, -0.25) is 0 Å². The largest absolute Gasteiger partial charge is 0.451 e. The molecule has 25 heavy (non-hydrogen) atoms. The second kappa shape index (κ2) is 5.91. The molecule has 0 amide bonds. The van der Waals surface area contributed by atoms with E-state index in [1.165, 1.54) is 18.2 Å². The highest BCUT2D eigenvalue weighted by Gasteiger charge is 2.41. The van der Waals surface area contributed by atoms with Gasteiger partial charge in [0.1, 0.15) is 0 Å². The third-order valence-corrected chi connectivity index (χ3v) is 3.33. The molecule has 3 rings (SSSR count). The molecule has 0 spiro atoms. The molecule has 0 saturated carbocycles. The summed E-state index contributed by atoms with van der Waals surface area (Å²) in [5.74, 6) is -1.84. The summed E-state index contributed by atoms with van der Waals surface area (Å²) in [4.78, 5) is 3.41. The standard InChI is InChI=1S/C16H9F6N3/c17-15(18,19)11-8-4-5-9-12(11)25-14(16(20,21)22)23-13(24-25)10-6-2-1-3-7-10/h1-9H. The van der Waals surface area contributed by atoms with Gasteiger partial charge < -0.3 is 0 Å². The Morgan fingerprint density at radius 2 is 1.32 bits per heavy atom. The molecule has 2 aromatic carbocycles.